The van der Waals surface area contributed by atoms with E-state index in [0.29, 0.717) is 50.4 Å². The van der Waals surface area contributed by atoms with E-state index in [0.717, 1.165) is 6.42 Å². The molecule has 11 heteroatoms. The number of nitrogens with zero attached hydrogens (tertiary/aromatic N) is 3. The Balaban J connectivity index is 1.77. The zero-order valence-electron chi connectivity index (χ0n) is 17.4. The number of hydrogen-bond acceptors (Lipinski definition) is 8. The number of anilines is 2. The predicted octanol–water partition coefficient (Wildman–Crippen LogP) is 4.39. The summed E-state index contributed by atoms with van der Waals surface area (Å²) in [7, 11) is -0.671. The number of methoxy groups -OCH3 is 1. The third-order valence-electron chi connectivity index (χ3n) is 4.95. The van der Waals surface area contributed by atoms with E-state index in [9.17, 15) is 14.1 Å². The molecule has 168 valence electrons. The van der Waals surface area contributed by atoms with E-state index in [2.05, 4.69) is 19.6 Å². The van der Waals surface area contributed by atoms with Gasteiger partial charge in [-0.3, -0.25) is 0 Å². The Hall–Kier alpha value is -3.11. The van der Waals surface area contributed by atoms with Gasteiger partial charge >= 0.3 is 5.97 Å². The van der Waals surface area contributed by atoms with Crippen LogP contribution in [0.1, 0.15) is 13.3 Å². The first-order valence-electron chi connectivity index (χ1n) is 9.79. The Kier molecular flexibility index (Phi) is 6.07. The van der Waals surface area contributed by atoms with Gasteiger partial charge in [0, 0.05) is 28.7 Å². The first-order chi connectivity index (χ1) is 15.3. The van der Waals surface area contributed by atoms with Crippen molar-refractivity contribution in [1.82, 2.24) is 9.97 Å². The molecule has 3 aromatic rings. The molecule has 0 amide bonds. The topological polar surface area (TPSA) is 123 Å². The molecule has 0 aliphatic carbocycles. The van der Waals surface area contributed by atoms with Crippen LogP contribution in [0.25, 0.3) is 10.9 Å². The summed E-state index contributed by atoms with van der Waals surface area (Å²) in [5.74, 6) is 1.22. The van der Waals surface area contributed by atoms with Crippen molar-refractivity contribution >= 4 is 55.4 Å². The van der Waals surface area contributed by atoms with Gasteiger partial charge in [-0.1, -0.05) is 11.6 Å². The number of aliphatic carboxylic acids is 1. The average molecular weight is 477 g/mol. The van der Waals surface area contributed by atoms with Crippen LogP contribution in [0.2, 0.25) is 5.02 Å². The molecule has 2 heterocycles. The van der Waals surface area contributed by atoms with Gasteiger partial charge in [-0.2, -0.15) is 4.36 Å². The Labute approximate surface area is 189 Å². The summed E-state index contributed by atoms with van der Waals surface area (Å²) in [5, 5.41) is 13.3. The monoisotopic (exact) mass is 476 g/mol. The van der Waals surface area contributed by atoms with Crippen molar-refractivity contribution in [3.05, 3.63) is 41.7 Å². The van der Waals surface area contributed by atoms with Crippen LogP contribution in [0.3, 0.4) is 0 Å². The minimum Gasteiger partial charge on any atom is -0.496 e. The van der Waals surface area contributed by atoms with Crippen LogP contribution in [0.4, 0.5) is 17.2 Å². The maximum absolute atomic E-state index is 12.5. The molecule has 1 fully saturated rings. The first kappa shape index (κ1) is 22.1. The minimum absolute atomic E-state index is 0.256. The fraction of sp³-hybridized carbons (Fsp3) is 0.286. The Morgan fingerprint density at radius 3 is 2.69 bits per heavy atom. The zero-order chi connectivity index (χ0) is 22.9. The number of ether oxygens (including phenoxy) is 2. The number of carboxylic acids is 1. The summed E-state index contributed by atoms with van der Waals surface area (Å²) in [6.07, 6.45) is 1.21. The molecular formula is C21H21ClN4O5S. The molecule has 1 atom stereocenters. The van der Waals surface area contributed by atoms with Crippen LogP contribution < -0.4 is 14.8 Å². The van der Waals surface area contributed by atoms with Gasteiger partial charge in [0.2, 0.25) is 0 Å². The highest BCUT2D eigenvalue weighted by Gasteiger charge is 2.21. The Bertz CT molecular complexity index is 1310. The van der Waals surface area contributed by atoms with E-state index in [4.69, 9.17) is 21.1 Å². The maximum Gasteiger partial charge on any atom is 0.344 e. The maximum atomic E-state index is 12.5. The highest BCUT2D eigenvalue weighted by molar-refractivity contribution is 7.95. The largest absolute Gasteiger partial charge is 0.496 e. The van der Waals surface area contributed by atoms with Gasteiger partial charge in [-0.05, 0) is 31.5 Å². The average Bonchev–Trinajstić information content (AvgIpc) is 2.73. The molecule has 1 aliphatic heterocycles. The number of rotatable bonds is 7. The minimum atomic E-state index is -2.19. The van der Waals surface area contributed by atoms with E-state index < -0.39 is 21.8 Å². The molecule has 1 saturated heterocycles. The number of carbonyl (C=O) groups is 1. The van der Waals surface area contributed by atoms with Crippen molar-refractivity contribution in [2.24, 2.45) is 4.36 Å². The molecule has 1 aromatic heterocycles. The molecule has 2 N–H and O–H groups in total. The molecule has 0 unspecified atom stereocenters. The number of halogens is 1. The second-order valence-electron chi connectivity index (χ2n) is 7.25. The van der Waals surface area contributed by atoms with Crippen LogP contribution >= 0.6 is 11.6 Å². The molecule has 1 aliphatic rings. The number of benzene rings is 2. The van der Waals surface area contributed by atoms with Crippen LogP contribution in [-0.4, -0.2) is 50.0 Å². The van der Waals surface area contributed by atoms with E-state index in [1.54, 1.807) is 24.3 Å². The fourth-order valence-corrected chi connectivity index (χ4v) is 4.81. The van der Waals surface area contributed by atoms with E-state index in [1.165, 1.54) is 26.4 Å². The predicted molar refractivity (Wildman–Crippen MR) is 123 cm³/mol. The number of carboxylic acid groups (broad SMARTS) is 1. The van der Waals surface area contributed by atoms with Crippen molar-refractivity contribution in [2.45, 2.75) is 19.4 Å². The second-order valence-corrected chi connectivity index (χ2v) is 10.2. The second kappa shape index (κ2) is 8.79. The summed E-state index contributed by atoms with van der Waals surface area (Å²) < 4.78 is 28.1. The van der Waals surface area contributed by atoms with Gasteiger partial charge in [0.15, 0.2) is 6.10 Å². The molecule has 0 spiro atoms. The number of hydrogen-bond donors (Lipinski definition) is 2. The summed E-state index contributed by atoms with van der Waals surface area (Å²) in [4.78, 5) is 19.9. The van der Waals surface area contributed by atoms with Crippen molar-refractivity contribution in [1.29, 1.82) is 0 Å². The quantitative estimate of drug-likeness (QED) is 0.514. The van der Waals surface area contributed by atoms with Gasteiger partial charge in [-0.25, -0.2) is 19.0 Å². The van der Waals surface area contributed by atoms with Gasteiger partial charge in [0.05, 0.1) is 39.1 Å². The highest BCUT2D eigenvalue weighted by Crippen LogP contribution is 2.38. The first-order valence-corrected chi connectivity index (χ1v) is 12.0. The highest BCUT2D eigenvalue weighted by atomic mass is 35.5. The molecule has 2 aromatic carbocycles. The van der Waals surface area contributed by atoms with E-state index in [-0.39, 0.29) is 5.75 Å². The Morgan fingerprint density at radius 1 is 1.25 bits per heavy atom. The van der Waals surface area contributed by atoms with Gasteiger partial charge in [-0.15, -0.1) is 0 Å². The molecular weight excluding hydrogens is 456 g/mol. The van der Waals surface area contributed by atoms with Crippen LogP contribution in [0.5, 0.6) is 11.5 Å². The smallest absolute Gasteiger partial charge is 0.344 e. The third kappa shape index (κ3) is 4.56. The third-order valence-corrected chi connectivity index (χ3v) is 7.58. The van der Waals surface area contributed by atoms with Crippen molar-refractivity contribution in [3.8, 4) is 11.5 Å². The van der Waals surface area contributed by atoms with E-state index in [1.807, 2.05) is 0 Å². The number of fused-ring (bicyclic) bond motifs is 1. The molecule has 4 rings (SSSR count). The number of aromatic nitrogens is 2. The summed E-state index contributed by atoms with van der Waals surface area (Å²) >= 11 is 6.08. The molecule has 0 radical (unpaired) electrons. The lowest BCUT2D eigenvalue weighted by atomic mass is 10.2. The van der Waals surface area contributed by atoms with Crippen molar-refractivity contribution < 1.29 is 23.6 Å². The summed E-state index contributed by atoms with van der Waals surface area (Å²) in [6.45, 7) is 1.42. The molecule has 0 saturated carbocycles. The zero-order valence-corrected chi connectivity index (χ0v) is 18.9. The van der Waals surface area contributed by atoms with Crippen LogP contribution in [0, 0.1) is 0 Å². The molecule has 32 heavy (non-hydrogen) atoms. The lowest BCUT2D eigenvalue weighted by Crippen LogP contribution is -2.23. The van der Waals surface area contributed by atoms with Gasteiger partial charge in [0.1, 0.15) is 23.6 Å². The van der Waals surface area contributed by atoms with Crippen molar-refractivity contribution in [3.63, 3.8) is 0 Å². The lowest BCUT2D eigenvalue weighted by molar-refractivity contribution is -0.144. The Morgan fingerprint density at radius 2 is 2.03 bits per heavy atom. The van der Waals surface area contributed by atoms with Crippen LogP contribution in [-0.2, 0) is 14.5 Å². The van der Waals surface area contributed by atoms with Gasteiger partial charge in [0.25, 0.3) is 0 Å². The van der Waals surface area contributed by atoms with Crippen molar-refractivity contribution in [2.75, 3.05) is 23.9 Å². The molecule has 9 nitrogen and oxygen atoms in total. The standard InChI is InChI=1S/C21H21ClN4O5S/c1-12(21(27)28)31-17-8-13(22)4-5-15(17)25-20-19-16(23-11-24-20)9-14(10-18(19)30-2)26-32(29)6-3-7-32/h4-5,8-12H,3,6-7H2,1-2H3,(H,27,28)(H,23,24,25)/t12-/m1/s1. The SMILES string of the molecule is COc1cc(N=S2(=O)CCC2)cc2ncnc(Nc3ccc(Cl)cc3O[C@H](C)C(=O)O)c12. The van der Waals surface area contributed by atoms with Gasteiger partial charge < -0.3 is 19.9 Å². The summed E-state index contributed by atoms with van der Waals surface area (Å²) in [5.41, 5.74) is 1.56. The fourth-order valence-electron chi connectivity index (χ4n) is 3.19. The van der Waals surface area contributed by atoms with Crippen LogP contribution in [0.15, 0.2) is 41.0 Å². The number of nitrogens with one attached hydrogen (secondary N) is 1. The molecule has 0 bridgehead atoms. The van der Waals surface area contributed by atoms with E-state index >= 15 is 0 Å². The lowest BCUT2D eigenvalue weighted by Gasteiger charge is -2.19. The normalized spacial score (nSPS) is 15.5. The summed E-state index contributed by atoms with van der Waals surface area (Å²) in [6, 6.07) is 8.28.